The van der Waals surface area contributed by atoms with Gasteiger partial charge in [-0.3, -0.25) is 14.5 Å². The fraction of sp³-hybridized carbons (Fsp3) is 0.348. The number of nitrogens with one attached hydrogen (secondary N) is 1. The van der Waals surface area contributed by atoms with Gasteiger partial charge in [0.15, 0.2) is 5.78 Å². The van der Waals surface area contributed by atoms with Crippen molar-refractivity contribution in [3.63, 3.8) is 0 Å². The number of anilines is 1. The number of piperidine rings is 1. The van der Waals surface area contributed by atoms with Gasteiger partial charge in [0, 0.05) is 24.7 Å². The highest BCUT2D eigenvalue weighted by Gasteiger charge is 2.38. The van der Waals surface area contributed by atoms with E-state index in [1.807, 2.05) is 0 Å². The van der Waals surface area contributed by atoms with Crippen LogP contribution in [0.4, 0.5) is 32.4 Å². The summed E-state index contributed by atoms with van der Waals surface area (Å²) in [5.74, 6) is -4.65. The quantitative estimate of drug-likeness (QED) is 0.488. The molecule has 0 saturated carbocycles. The van der Waals surface area contributed by atoms with Crippen LogP contribution in [0, 0.1) is 11.6 Å². The van der Waals surface area contributed by atoms with E-state index < -0.39 is 42.1 Å². The SMILES string of the molecule is O=C(CNC(=O)C(F)(F)F)c1ccc(CN(C(=O)N2CCCCC2)c2ccc(F)cc2F)cc1. The summed E-state index contributed by atoms with van der Waals surface area (Å²) in [5.41, 5.74) is 0.449. The standard InChI is InChI=1S/C23H22F5N3O3/c24-17-8-9-19(18(25)12-17)31(22(34)30-10-2-1-3-11-30)14-15-4-6-16(7-5-15)20(32)13-29-21(33)23(26,27)28/h4-9,12H,1-3,10-11,13-14H2,(H,29,33). The van der Waals surface area contributed by atoms with Crippen molar-refractivity contribution >= 4 is 23.4 Å². The number of alkyl halides is 3. The molecule has 1 saturated heterocycles. The van der Waals surface area contributed by atoms with E-state index in [2.05, 4.69) is 0 Å². The molecule has 2 aromatic rings. The minimum absolute atomic E-state index is 0.0492. The van der Waals surface area contributed by atoms with Crippen molar-refractivity contribution in [3.05, 3.63) is 65.2 Å². The fourth-order valence-corrected chi connectivity index (χ4v) is 3.55. The molecule has 0 atom stereocenters. The second kappa shape index (κ2) is 10.6. The smallest absolute Gasteiger partial charge is 0.341 e. The lowest BCUT2D eigenvalue weighted by molar-refractivity contribution is -0.173. The second-order valence-corrected chi connectivity index (χ2v) is 7.81. The fourth-order valence-electron chi connectivity index (χ4n) is 3.55. The number of benzene rings is 2. The lowest BCUT2D eigenvalue weighted by Gasteiger charge is -2.33. The molecule has 34 heavy (non-hydrogen) atoms. The first-order valence-corrected chi connectivity index (χ1v) is 10.5. The Morgan fingerprint density at radius 3 is 2.18 bits per heavy atom. The highest BCUT2D eigenvalue weighted by atomic mass is 19.4. The van der Waals surface area contributed by atoms with Crippen LogP contribution in [0.3, 0.4) is 0 Å². The normalized spacial score (nSPS) is 14.0. The number of hydrogen-bond donors (Lipinski definition) is 1. The number of likely N-dealkylation sites (tertiary alicyclic amines) is 1. The topological polar surface area (TPSA) is 69.7 Å². The van der Waals surface area contributed by atoms with Crippen molar-refractivity contribution in [2.24, 2.45) is 0 Å². The number of Topliss-reactive ketones (excluding diaryl/α,β-unsaturated/α-hetero) is 1. The molecule has 0 unspecified atom stereocenters. The van der Waals surface area contributed by atoms with Crippen LogP contribution in [0.5, 0.6) is 0 Å². The molecule has 1 aliphatic heterocycles. The van der Waals surface area contributed by atoms with Gasteiger partial charge in [-0.2, -0.15) is 13.2 Å². The Morgan fingerprint density at radius 1 is 0.941 bits per heavy atom. The van der Waals surface area contributed by atoms with Crippen molar-refractivity contribution in [3.8, 4) is 0 Å². The predicted octanol–water partition coefficient (Wildman–Crippen LogP) is 4.44. The summed E-state index contributed by atoms with van der Waals surface area (Å²) >= 11 is 0. The zero-order valence-corrected chi connectivity index (χ0v) is 18.0. The first kappa shape index (κ1) is 25.1. The Hall–Kier alpha value is -3.50. The summed E-state index contributed by atoms with van der Waals surface area (Å²) < 4.78 is 64.7. The number of nitrogens with zero attached hydrogens (tertiary/aromatic N) is 2. The lowest BCUT2D eigenvalue weighted by Crippen LogP contribution is -2.45. The van der Waals surface area contributed by atoms with Crippen molar-refractivity contribution in [2.45, 2.75) is 32.0 Å². The van der Waals surface area contributed by atoms with Crippen molar-refractivity contribution in [1.29, 1.82) is 0 Å². The van der Waals surface area contributed by atoms with Crippen LogP contribution in [0.15, 0.2) is 42.5 Å². The van der Waals surface area contributed by atoms with E-state index in [0.717, 1.165) is 25.3 Å². The van der Waals surface area contributed by atoms with Crippen LogP contribution < -0.4 is 10.2 Å². The van der Waals surface area contributed by atoms with Crippen molar-refractivity contribution in [1.82, 2.24) is 10.2 Å². The molecule has 1 aliphatic rings. The summed E-state index contributed by atoms with van der Waals surface area (Å²) in [4.78, 5) is 38.9. The summed E-state index contributed by atoms with van der Waals surface area (Å²) in [6.45, 7) is 0.0969. The lowest BCUT2D eigenvalue weighted by atomic mass is 10.1. The molecule has 3 amide bonds. The van der Waals surface area contributed by atoms with Crippen LogP contribution in [-0.2, 0) is 11.3 Å². The number of hydrogen-bond acceptors (Lipinski definition) is 3. The monoisotopic (exact) mass is 483 g/mol. The first-order valence-electron chi connectivity index (χ1n) is 10.5. The molecule has 6 nitrogen and oxygen atoms in total. The zero-order chi connectivity index (χ0) is 24.9. The van der Waals surface area contributed by atoms with Gasteiger partial charge in [0.1, 0.15) is 11.6 Å². The molecule has 1 fully saturated rings. The highest BCUT2D eigenvalue weighted by molar-refractivity contribution is 5.99. The molecule has 3 rings (SSSR count). The summed E-state index contributed by atoms with van der Waals surface area (Å²) in [5, 5.41) is 1.51. The van der Waals surface area contributed by atoms with Gasteiger partial charge in [0.05, 0.1) is 18.8 Å². The molecule has 1 N–H and O–H groups in total. The van der Waals surface area contributed by atoms with Gasteiger partial charge in [-0.15, -0.1) is 0 Å². The number of rotatable bonds is 6. The van der Waals surface area contributed by atoms with E-state index in [1.165, 1.54) is 40.5 Å². The maximum atomic E-state index is 14.5. The van der Waals surface area contributed by atoms with Crippen LogP contribution in [0.25, 0.3) is 0 Å². The third-order valence-electron chi connectivity index (χ3n) is 5.34. The van der Waals surface area contributed by atoms with Gasteiger partial charge >= 0.3 is 18.1 Å². The van der Waals surface area contributed by atoms with Gasteiger partial charge in [-0.25, -0.2) is 13.6 Å². The highest BCUT2D eigenvalue weighted by Crippen LogP contribution is 2.25. The van der Waals surface area contributed by atoms with Gasteiger partial charge in [0.2, 0.25) is 0 Å². The van der Waals surface area contributed by atoms with Crippen molar-refractivity contribution < 1.29 is 36.3 Å². The molecule has 0 spiro atoms. The Balaban J connectivity index is 1.76. The molecule has 0 aliphatic carbocycles. The summed E-state index contributed by atoms with van der Waals surface area (Å²) in [6, 6.07) is 8.07. The summed E-state index contributed by atoms with van der Waals surface area (Å²) in [7, 11) is 0. The van der Waals surface area contributed by atoms with Crippen LogP contribution in [0.1, 0.15) is 35.2 Å². The van der Waals surface area contributed by atoms with E-state index in [9.17, 15) is 36.3 Å². The summed E-state index contributed by atoms with van der Waals surface area (Å²) in [6.07, 6.45) is -2.49. The molecule has 2 aromatic carbocycles. The van der Waals surface area contributed by atoms with Gasteiger partial charge in [-0.1, -0.05) is 24.3 Å². The first-order chi connectivity index (χ1) is 16.1. The molecule has 0 aromatic heterocycles. The van der Waals surface area contributed by atoms with E-state index in [4.69, 9.17) is 0 Å². The molecular formula is C23H22F5N3O3. The average molecular weight is 483 g/mol. The minimum atomic E-state index is -5.09. The van der Waals surface area contributed by atoms with Crippen LogP contribution in [-0.4, -0.2) is 48.4 Å². The van der Waals surface area contributed by atoms with Gasteiger partial charge < -0.3 is 10.2 Å². The number of amides is 3. The Kier molecular flexibility index (Phi) is 7.85. The van der Waals surface area contributed by atoms with E-state index in [0.29, 0.717) is 24.7 Å². The Labute approximate surface area is 192 Å². The molecule has 0 radical (unpaired) electrons. The third kappa shape index (κ3) is 6.30. The number of carbonyl (C=O) groups is 3. The largest absolute Gasteiger partial charge is 0.471 e. The molecular weight excluding hydrogens is 461 g/mol. The number of ketones is 1. The molecule has 0 bridgehead atoms. The van der Waals surface area contributed by atoms with Crippen molar-refractivity contribution in [2.75, 3.05) is 24.5 Å². The second-order valence-electron chi connectivity index (χ2n) is 7.81. The number of carbonyl (C=O) groups excluding carboxylic acids is 3. The molecule has 1 heterocycles. The number of halogens is 5. The average Bonchev–Trinajstić information content (AvgIpc) is 2.81. The molecule has 11 heteroatoms. The van der Waals surface area contributed by atoms with Crippen LogP contribution in [0.2, 0.25) is 0 Å². The van der Waals surface area contributed by atoms with E-state index in [-0.39, 0.29) is 17.8 Å². The third-order valence-corrected chi connectivity index (χ3v) is 5.34. The van der Waals surface area contributed by atoms with Gasteiger partial charge in [0.25, 0.3) is 0 Å². The van der Waals surface area contributed by atoms with E-state index in [1.54, 1.807) is 4.90 Å². The minimum Gasteiger partial charge on any atom is -0.341 e. The van der Waals surface area contributed by atoms with Crippen LogP contribution >= 0.6 is 0 Å². The number of urea groups is 1. The molecule has 182 valence electrons. The Morgan fingerprint density at radius 2 is 1.59 bits per heavy atom. The maximum Gasteiger partial charge on any atom is 0.471 e. The van der Waals surface area contributed by atoms with E-state index >= 15 is 0 Å². The maximum absolute atomic E-state index is 14.5. The zero-order valence-electron chi connectivity index (χ0n) is 18.0. The van der Waals surface area contributed by atoms with Gasteiger partial charge in [-0.05, 0) is 37.0 Å². The Bertz CT molecular complexity index is 1050. The predicted molar refractivity (Wildman–Crippen MR) is 113 cm³/mol.